The number of hydrogen-bond donors (Lipinski definition) is 2. The van der Waals surface area contributed by atoms with Crippen molar-refractivity contribution < 1.29 is 15.0 Å². The van der Waals surface area contributed by atoms with Gasteiger partial charge in [-0.1, -0.05) is 24.3 Å². The van der Waals surface area contributed by atoms with Gasteiger partial charge in [-0.25, -0.2) is 0 Å². The summed E-state index contributed by atoms with van der Waals surface area (Å²) in [6.07, 6.45) is 11.1. The zero-order valence-electron chi connectivity index (χ0n) is 12.5. The summed E-state index contributed by atoms with van der Waals surface area (Å²) in [5.41, 5.74) is 2.07. The van der Waals surface area contributed by atoms with Crippen molar-refractivity contribution in [3.8, 4) is 36.2 Å². The minimum absolute atomic E-state index is 0.00792. The van der Waals surface area contributed by atoms with E-state index in [-0.39, 0.29) is 36.5 Å². The third-order valence-electron chi connectivity index (χ3n) is 3.61. The van der Waals surface area contributed by atoms with Crippen molar-refractivity contribution in [2.45, 2.75) is 19.3 Å². The van der Waals surface area contributed by atoms with Crippen LogP contribution in [0.1, 0.15) is 27.0 Å². The van der Waals surface area contributed by atoms with Crippen LogP contribution in [0.4, 0.5) is 0 Å². The van der Waals surface area contributed by atoms with E-state index in [1.54, 1.807) is 30.3 Å². The Bertz CT molecular complexity index is 820. The molecular weight excluding hydrogens is 288 g/mol. The largest absolute Gasteiger partial charge is 0.508 e. The molecular formula is C20H16O3. The number of carbonyl (C=O) groups excluding carboxylic acids is 1. The van der Waals surface area contributed by atoms with Crippen molar-refractivity contribution in [2.75, 3.05) is 0 Å². The molecule has 23 heavy (non-hydrogen) atoms. The first-order valence-electron chi connectivity index (χ1n) is 7.09. The highest BCUT2D eigenvalue weighted by Crippen LogP contribution is 2.26. The molecule has 2 N–H and O–H groups in total. The standard InChI is InChI=1S/C20H16O3/c1-3-7-15-14(9-5-11-18(15)21)13-20(23)17-10-6-12-19(22)16(17)8-4-2/h1-2,5-6,9-12,21-22H,7-8,13H2. The molecule has 0 aromatic heterocycles. The third-order valence-corrected chi connectivity index (χ3v) is 3.61. The van der Waals surface area contributed by atoms with Gasteiger partial charge in [-0.05, 0) is 17.7 Å². The van der Waals surface area contributed by atoms with E-state index in [4.69, 9.17) is 12.8 Å². The Morgan fingerprint density at radius 3 is 2.13 bits per heavy atom. The van der Waals surface area contributed by atoms with Crippen LogP contribution in [-0.2, 0) is 19.3 Å². The molecule has 0 amide bonds. The predicted molar refractivity (Wildman–Crippen MR) is 89.3 cm³/mol. The van der Waals surface area contributed by atoms with Crippen LogP contribution >= 0.6 is 0 Å². The van der Waals surface area contributed by atoms with E-state index in [0.29, 0.717) is 22.3 Å². The minimum Gasteiger partial charge on any atom is -0.508 e. The smallest absolute Gasteiger partial charge is 0.167 e. The molecule has 114 valence electrons. The molecule has 2 aromatic rings. The molecule has 0 atom stereocenters. The number of phenolic OH excluding ortho intramolecular Hbond substituents is 2. The van der Waals surface area contributed by atoms with Crippen LogP contribution in [0, 0.1) is 24.7 Å². The maximum Gasteiger partial charge on any atom is 0.167 e. The normalized spacial score (nSPS) is 9.83. The Balaban J connectivity index is 2.38. The molecule has 0 saturated carbocycles. The quantitative estimate of drug-likeness (QED) is 0.659. The number of Topliss-reactive ketones (excluding diaryl/α,β-unsaturated/α-hetero) is 1. The van der Waals surface area contributed by atoms with E-state index in [1.165, 1.54) is 6.07 Å². The number of hydrogen-bond acceptors (Lipinski definition) is 3. The Kier molecular flexibility index (Phi) is 5.07. The van der Waals surface area contributed by atoms with Gasteiger partial charge in [0.05, 0.1) is 0 Å². The Labute approximate surface area is 135 Å². The molecule has 0 radical (unpaired) electrons. The van der Waals surface area contributed by atoms with Crippen LogP contribution in [0.15, 0.2) is 36.4 Å². The number of rotatable bonds is 5. The highest BCUT2D eigenvalue weighted by Gasteiger charge is 2.17. The van der Waals surface area contributed by atoms with Gasteiger partial charge in [0.1, 0.15) is 11.5 Å². The lowest BCUT2D eigenvalue weighted by Gasteiger charge is -2.11. The van der Waals surface area contributed by atoms with Gasteiger partial charge in [0, 0.05) is 36.0 Å². The van der Waals surface area contributed by atoms with Gasteiger partial charge in [-0.15, -0.1) is 24.7 Å². The monoisotopic (exact) mass is 304 g/mol. The lowest BCUT2D eigenvalue weighted by molar-refractivity contribution is 0.0991. The van der Waals surface area contributed by atoms with E-state index in [9.17, 15) is 15.0 Å². The van der Waals surface area contributed by atoms with Crippen LogP contribution in [0.2, 0.25) is 0 Å². The molecule has 0 saturated heterocycles. The van der Waals surface area contributed by atoms with Gasteiger partial charge in [0.25, 0.3) is 0 Å². The molecule has 0 aliphatic rings. The lowest BCUT2D eigenvalue weighted by Crippen LogP contribution is -2.09. The molecule has 0 aliphatic heterocycles. The van der Waals surface area contributed by atoms with Crippen LogP contribution in [0.5, 0.6) is 11.5 Å². The van der Waals surface area contributed by atoms with Crippen LogP contribution in [0.3, 0.4) is 0 Å². The second-order valence-corrected chi connectivity index (χ2v) is 5.08. The predicted octanol–water partition coefficient (Wildman–Crippen LogP) is 2.87. The number of phenols is 2. The Morgan fingerprint density at radius 1 is 0.913 bits per heavy atom. The molecule has 3 heteroatoms. The second kappa shape index (κ2) is 7.20. The number of aromatic hydroxyl groups is 2. The molecule has 0 spiro atoms. The van der Waals surface area contributed by atoms with Crippen molar-refractivity contribution in [1.29, 1.82) is 0 Å². The van der Waals surface area contributed by atoms with Gasteiger partial charge in [0.2, 0.25) is 0 Å². The van der Waals surface area contributed by atoms with Gasteiger partial charge >= 0.3 is 0 Å². The van der Waals surface area contributed by atoms with Crippen molar-refractivity contribution >= 4 is 5.78 Å². The van der Waals surface area contributed by atoms with Gasteiger partial charge in [0.15, 0.2) is 5.78 Å². The summed E-state index contributed by atoms with van der Waals surface area (Å²) in [6.45, 7) is 0. The van der Waals surface area contributed by atoms with Crippen molar-refractivity contribution in [3.63, 3.8) is 0 Å². The highest BCUT2D eigenvalue weighted by atomic mass is 16.3. The third kappa shape index (κ3) is 3.54. The van der Waals surface area contributed by atoms with Crippen LogP contribution in [-0.4, -0.2) is 16.0 Å². The summed E-state index contributed by atoms with van der Waals surface area (Å²) in [5, 5.41) is 19.8. The first-order valence-corrected chi connectivity index (χ1v) is 7.09. The molecule has 0 heterocycles. The number of carbonyl (C=O) groups is 1. The molecule has 0 bridgehead atoms. The van der Waals surface area contributed by atoms with E-state index in [0.717, 1.165) is 0 Å². The van der Waals surface area contributed by atoms with Crippen LogP contribution in [0.25, 0.3) is 0 Å². The number of ketones is 1. The fourth-order valence-electron chi connectivity index (χ4n) is 2.48. The summed E-state index contributed by atoms with van der Waals surface area (Å²) in [6, 6.07) is 9.71. The van der Waals surface area contributed by atoms with E-state index < -0.39 is 0 Å². The van der Waals surface area contributed by atoms with Gasteiger partial charge < -0.3 is 10.2 Å². The first-order chi connectivity index (χ1) is 11.1. The maximum atomic E-state index is 12.6. The fraction of sp³-hybridized carbons (Fsp3) is 0.150. The first kappa shape index (κ1) is 16.2. The summed E-state index contributed by atoms with van der Waals surface area (Å²) in [4.78, 5) is 12.6. The molecule has 2 aromatic carbocycles. The summed E-state index contributed by atoms with van der Waals surface area (Å²) >= 11 is 0. The minimum atomic E-state index is -0.185. The average molecular weight is 304 g/mol. The van der Waals surface area contributed by atoms with E-state index >= 15 is 0 Å². The van der Waals surface area contributed by atoms with E-state index in [2.05, 4.69) is 11.8 Å². The van der Waals surface area contributed by atoms with Gasteiger partial charge in [-0.2, -0.15) is 0 Å². The topological polar surface area (TPSA) is 57.5 Å². The average Bonchev–Trinajstić information content (AvgIpc) is 2.53. The Hall–Kier alpha value is -3.17. The van der Waals surface area contributed by atoms with Crippen LogP contribution < -0.4 is 0 Å². The van der Waals surface area contributed by atoms with Crippen molar-refractivity contribution in [1.82, 2.24) is 0 Å². The molecule has 3 nitrogen and oxygen atoms in total. The molecule has 0 unspecified atom stereocenters. The maximum absolute atomic E-state index is 12.6. The lowest BCUT2D eigenvalue weighted by atomic mass is 9.93. The van der Waals surface area contributed by atoms with Crippen molar-refractivity contribution in [2.24, 2.45) is 0 Å². The summed E-state index contributed by atoms with van der Waals surface area (Å²) in [7, 11) is 0. The van der Waals surface area contributed by atoms with Crippen molar-refractivity contribution in [3.05, 3.63) is 58.7 Å². The number of terminal acetylenes is 2. The van der Waals surface area contributed by atoms with Gasteiger partial charge in [-0.3, -0.25) is 4.79 Å². The second-order valence-electron chi connectivity index (χ2n) is 5.08. The number of benzene rings is 2. The SMILES string of the molecule is C#CCc1c(O)cccc1CC(=O)c1cccc(O)c1CC#C. The zero-order chi connectivity index (χ0) is 16.8. The Morgan fingerprint density at radius 2 is 1.48 bits per heavy atom. The fourth-order valence-corrected chi connectivity index (χ4v) is 2.48. The zero-order valence-corrected chi connectivity index (χ0v) is 12.5. The molecule has 2 rings (SSSR count). The molecule has 0 fully saturated rings. The molecule has 0 aliphatic carbocycles. The van der Waals surface area contributed by atoms with E-state index in [1.807, 2.05) is 0 Å². The summed E-state index contributed by atoms with van der Waals surface area (Å²) in [5.74, 6) is 4.83. The summed E-state index contributed by atoms with van der Waals surface area (Å²) < 4.78 is 0. The highest BCUT2D eigenvalue weighted by molar-refractivity contribution is 5.99.